The molecular weight excluding hydrogens is 789 g/mol. The number of carbonyl (C=O) groups is 3. The molecule has 334 valence electrons. The Morgan fingerprint density at radius 2 is 1.57 bits per heavy atom. The molecule has 4 aliphatic rings. The Bertz CT molecular complexity index is 2140. The number of rotatable bonds is 4. The molecule has 11 atom stereocenters. The molecule has 0 saturated carbocycles. The van der Waals surface area contributed by atoms with Gasteiger partial charge in [0.05, 0.1) is 65.1 Å². The van der Waals surface area contributed by atoms with Crippen LogP contribution in [0.4, 0.5) is 5.69 Å². The quantitative estimate of drug-likeness (QED) is 0.102. The van der Waals surface area contributed by atoms with Gasteiger partial charge in [-0.1, -0.05) is 45.9 Å². The summed E-state index contributed by atoms with van der Waals surface area (Å²) in [5.41, 5.74) is -0.367. The second-order valence-corrected chi connectivity index (χ2v) is 17.2. The molecule has 16 heteroatoms. The third kappa shape index (κ3) is 9.08. The number of anilines is 1. The van der Waals surface area contributed by atoms with Crippen molar-refractivity contribution in [3.63, 3.8) is 0 Å². The van der Waals surface area contributed by atoms with Crippen LogP contribution in [-0.2, 0) is 23.8 Å². The maximum Gasteiger partial charge on any atom is 0.312 e. The van der Waals surface area contributed by atoms with Gasteiger partial charge in [-0.3, -0.25) is 19.4 Å². The van der Waals surface area contributed by atoms with Crippen molar-refractivity contribution in [2.45, 2.75) is 112 Å². The van der Waals surface area contributed by atoms with Crippen LogP contribution >= 0.6 is 0 Å². The van der Waals surface area contributed by atoms with Gasteiger partial charge in [0, 0.05) is 74.2 Å². The predicted octanol–water partition coefficient (Wildman–Crippen LogP) is 5.11. The van der Waals surface area contributed by atoms with Crippen molar-refractivity contribution in [1.82, 2.24) is 9.91 Å². The number of piperazine rings is 1. The summed E-state index contributed by atoms with van der Waals surface area (Å²) in [4.78, 5) is 42.9. The minimum Gasteiger partial charge on any atom is -0.507 e. The van der Waals surface area contributed by atoms with Crippen molar-refractivity contribution in [2.24, 2.45) is 28.8 Å². The highest BCUT2D eigenvalue weighted by Gasteiger charge is 2.50. The molecule has 1 saturated heterocycles. The van der Waals surface area contributed by atoms with Crippen LogP contribution in [0.1, 0.15) is 83.8 Å². The molecule has 0 radical (unpaired) electrons. The van der Waals surface area contributed by atoms with Crippen LogP contribution in [0, 0.1) is 30.6 Å². The Kier molecular flexibility index (Phi) is 14.2. The molecule has 2 aromatic carbocycles. The molecule has 0 aromatic heterocycles. The topological polar surface area (TPSA) is 220 Å². The van der Waals surface area contributed by atoms with Gasteiger partial charge in [0.1, 0.15) is 23.4 Å². The van der Waals surface area contributed by atoms with Gasteiger partial charge in [-0.25, -0.2) is 0 Å². The summed E-state index contributed by atoms with van der Waals surface area (Å²) in [6, 6.07) is -0.100. The van der Waals surface area contributed by atoms with Crippen molar-refractivity contribution in [3.8, 4) is 23.0 Å². The second-order valence-electron chi connectivity index (χ2n) is 17.2. The number of aromatic hydroxyl groups is 3. The summed E-state index contributed by atoms with van der Waals surface area (Å²) >= 11 is 0. The SMILES string of the molecule is CO[C@H]1/C=C/O[C@@]2(C)Oc3c(C)c(O)c4c(O)c(c(/C=N/N5C(C)CN(C)CC5C)c(O)c4c3C2=O)NC(=O)/C(C)=C\C=C\[C@@H](C)[C@H](O)[C@@H](C)[C@@H](O)[C@@H](C)[C@H](OC(C)=O)[C@@H]1C. The average molecular weight is 851 g/mol. The Morgan fingerprint density at radius 3 is 2.18 bits per heavy atom. The molecule has 6 rings (SSSR count). The molecule has 0 aliphatic carbocycles. The summed E-state index contributed by atoms with van der Waals surface area (Å²) in [5, 5.41) is 67.5. The number of hydrogen-bond donors (Lipinski definition) is 6. The average Bonchev–Trinajstić information content (AvgIpc) is 3.46. The standard InChI is InChI=1S/C45H62N4O12/c1-21-14-13-15-22(2)44(57)47-35-30(18-46-49-23(3)19-48(11)20-24(49)4)39(54)32-33(40(35)55)38(53)28(8)42-34(32)43(56)45(10,61-42)59-17-16-31(58-12)25(5)41(60-29(9)50)27(7)37(52)26(6)36(21)51/h13-18,21,23-27,31,36-37,41,51-55H,19-20H2,1-12H3,(H,47,57)/b14-13+,17-16+,22-15-,46-18+/t21-,23?,24?,25-,26-,27-,31+,36+,37-,41-,45+/m1/s1. The number of carbonyl (C=O) groups excluding carboxylic acids is 3. The number of Topliss-reactive ketones (excluding diaryl/α,β-unsaturated/α-hetero) is 1. The number of hydrogen-bond acceptors (Lipinski definition) is 15. The monoisotopic (exact) mass is 850 g/mol. The molecule has 61 heavy (non-hydrogen) atoms. The van der Waals surface area contributed by atoms with Crippen molar-refractivity contribution in [2.75, 3.05) is 32.6 Å². The fourth-order valence-corrected chi connectivity index (χ4v) is 8.80. The maximum absolute atomic E-state index is 14.5. The third-order valence-electron chi connectivity index (χ3n) is 12.4. The lowest BCUT2D eigenvalue weighted by atomic mass is 9.78. The van der Waals surface area contributed by atoms with E-state index < -0.39 is 88.8 Å². The maximum atomic E-state index is 14.5. The van der Waals surface area contributed by atoms with Gasteiger partial charge >= 0.3 is 11.8 Å². The number of methoxy groups -OCH3 is 1. The van der Waals surface area contributed by atoms with Gasteiger partial charge in [-0.05, 0) is 40.8 Å². The van der Waals surface area contributed by atoms with E-state index in [1.54, 1.807) is 39.8 Å². The molecular formula is C45H62N4O12. The van der Waals surface area contributed by atoms with Crippen LogP contribution < -0.4 is 10.1 Å². The Balaban J connectivity index is 1.73. The summed E-state index contributed by atoms with van der Waals surface area (Å²) in [6.07, 6.45) is 4.88. The van der Waals surface area contributed by atoms with E-state index in [4.69, 9.17) is 24.0 Å². The molecule has 5 bridgehead atoms. The van der Waals surface area contributed by atoms with Crippen molar-refractivity contribution < 1.29 is 58.9 Å². The number of ether oxygens (including phenoxy) is 4. The van der Waals surface area contributed by atoms with Gasteiger partial charge in [-0.2, -0.15) is 5.10 Å². The van der Waals surface area contributed by atoms with E-state index in [1.165, 1.54) is 59.4 Å². The number of phenols is 3. The number of benzene rings is 2. The number of amides is 1. The van der Waals surface area contributed by atoms with Gasteiger partial charge in [-0.15, -0.1) is 0 Å². The number of nitrogens with zero attached hydrogens (tertiary/aromatic N) is 3. The molecule has 6 N–H and O–H groups in total. The number of phenolic OH excluding ortho intramolecular Hbond substituents is 3. The highest BCUT2D eigenvalue weighted by Crippen LogP contribution is 2.55. The van der Waals surface area contributed by atoms with E-state index in [-0.39, 0.29) is 56.6 Å². The molecule has 1 amide bonds. The Labute approximate surface area is 357 Å². The lowest BCUT2D eigenvalue weighted by Crippen LogP contribution is -2.53. The molecule has 4 aliphatic heterocycles. The number of hydrazone groups is 1. The van der Waals surface area contributed by atoms with Crippen LogP contribution in [0.3, 0.4) is 0 Å². The van der Waals surface area contributed by atoms with Crippen LogP contribution in [0.2, 0.25) is 0 Å². The largest absolute Gasteiger partial charge is 0.507 e. The highest BCUT2D eigenvalue weighted by atomic mass is 16.7. The van der Waals surface area contributed by atoms with E-state index in [0.717, 1.165) is 0 Å². The summed E-state index contributed by atoms with van der Waals surface area (Å²) in [5.74, 6) is -8.39. The van der Waals surface area contributed by atoms with Gasteiger partial charge in [0.15, 0.2) is 5.75 Å². The minimum atomic E-state index is -2.05. The van der Waals surface area contributed by atoms with E-state index in [9.17, 15) is 39.9 Å². The smallest absolute Gasteiger partial charge is 0.312 e. The van der Waals surface area contributed by atoms with Crippen molar-refractivity contribution >= 4 is 40.3 Å². The molecule has 16 nitrogen and oxygen atoms in total. The predicted molar refractivity (Wildman–Crippen MR) is 230 cm³/mol. The zero-order valence-electron chi connectivity index (χ0n) is 37.1. The van der Waals surface area contributed by atoms with E-state index in [1.807, 2.05) is 25.9 Å². The van der Waals surface area contributed by atoms with E-state index in [2.05, 4.69) is 10.2 Å². The molecule has 0 spiro atoms. The number of nitrogens with one attached hydrogen (secondary N) is 1. The van der Waals surface area contributed by atoms with Crippen LogP contribution in [0.15, 0.2) is 41.2 Å². The Morgan fingerprint density at radius 1 is 0.934 bits per heavy atom. The first-order valence-electron chi connectivity index (χ1n) is 20.6. The lowest BCUT2D eigenvalue weighted by molar-refractivity contribution is -0.160. The lowest BCUT2D eigenvalue weighted by Gasteiger charge is -2.41. The first kappa shape index (κ1) is 46.9. The number of ketones is 1. The first-order chi connectivity index (χ1) is 28.6. The summed E-state index contributed by atoms with van der Waals surface area (Å²) in [7, 11) is 3.44. The highest BCUT2D eigenvalue weighted by molar-refractivity contribution is 6.23. The summed E-state index contributed by atoms with van der Waals surface area (Å²) < 4.78 is 23.7. The second kappa shape index (κ2) is 18.4. The number of fused-ring (bicyclic) bond motifs is 14. The van der Waals surface area contributed by atoms with Gasteiger partial charge < -0.3 is 54.7 Å². The Hall–Kier alpha value is -5.16. The molecule has 4 heterocycles. The number of allylic oxidation sites excluding steroid dienone is 2. The number of aliphatic hydroxyl groups excluding tert-OH is 2. The fraction of sp³-hybridized carbons (Fsp3) is 0.556. The fourth-order valence-electron chi connectivity index (χ4n) is 8.80. The van der Waals surface area contributed by atoms with Gasteiger partial charge in [0.2, 0.25) is 0 Å². The van der Waals surface area contributed by atoms with Crippen LogP contribution in [0.5, 0.6) is 23.0 Å². The number of aliphatic hydroxyl groups is 2. The molecule has 2 aromatic rings. The normalized spacial score (nSPS) is 33.9. The van der Waals surface area contributed by atoms with Gasteiger partial charge in [0.25, 0.3) is 11.7 Å². The van der Waals surface area contributed by atoms with Crippen molar-refractivity contribution in [1.29, 1.82) is 0 Å². The van der Waals surface area contributed by atoms with Crippen LogP contribution in [-0.4, -0.2) is 129 Å². The van der Waals surface area contributed by atoms with E-state index >= 15 is 0 Å². The molecule has 2 unspecified atom stereocenters. The van der Waals surface area contributed by atoms with Crippen molar-refractivity contribution in [3.05, 3.63) is 52.8 Å². The number of esters is 1. The first-order valence-corrected chi connectivity index (χ1v) is 20.6. The summed E-state index contributed by atoms with van der Waals surface area (Å²) in [6.45, 7) is 17.9. The van der Waals surface area contributed by atoms with Crippen LogP contribution in [0.25, 0.3) is 10.8 Å². The van der Waals surface area contributed by atoms with E-state index in [0.29, 0.717) is 13.1 Å². The minimum absolute atomic E-state index is 0.0501. The third-order valence-corrected chi connectivity index (χ3v) is 12.4. The zero-order chi connectivity index (χ0) is 45.4. The zero-order valence-corrected chi connectivity index (χ0v) is 37.1. The number of likely N-dealkylation sites (N-methyl/N-ethyl adjacent to an activating group) is 1. The molecule has 1 fully saturated rings.